The normalized spacial score (nSPS) is 10.2. The fraction of sp³-hybridized carbons (Fsp3) is 0.111. The highest BCUT2D eigenvalue weighted by Crippen LogP contribution is 2.14. The van der Waals surface area contributed by atoms with Crippen LogP contribution in [0.15, 0.2) is 23.3 Å². The number of esters is 1. The molecule has 2 heterocycles. The van der Waals surface area contributed by atoms with E-state index in [1.807, 2.05) is 0 Å². The number of nitrogens with zero attached hydrogens (tertiary/aromatic N) is 3. The van der Waals surface area contributed by atoms with Crippen molar-refractivity contribution in [1.82, 2.24) is 19.7 Å². The van der Waals surface area contributed by atoms with Crippen molar-refractivity contribution in [3.8, 4) is 5.82 Å². The summed E-state index contributed by atoms with van der Waals surface area (Å²) in [4.78, 5) is 25.9. The molecule has 8 nitrogen and oxygen atoms in total. The molecule has 0 radical (unpaired) electrons. The molecule has 0 spiro atoms. The topological polar surface area (TPSA) is 116 Å². The monoisotopic (exact) mass is 235 g/mol. The van der Waals surface area contributed by atoms with Crippen molar-refractivity contribution in [2.24, 2.45) is 0 Å². The Morgan fingerprint density at radius 2 is 2.29 bits per heavy atom. The Kier molecular flexibility index (Phi) is 2.61. The zero-order valence-corrected chi connectivity index (χ0v) is 8.88. The first-order chi connectivity index (χ1) is 8.13. The number of ether oxygens (including phenoxy) is 1. The minimum absolute atomic E-state index is 0.000463. The van der Waals surface area contributed by atoms with E-state index in [-0.39, 0.29) is 17.1 Å². The van der Waals surface area contributed by atoms with Crippen LogP contribution in [-0.2, 0) is 4.74 Å². The van der Waals surface area contributed by atoms with Crippen molar-refractivity contribution < 1.29 is 9.53 Å². The van der Waals surface area contributed by atoms with Gasteiger partial charge in [-0.15, -0.1) is 0 Å². The summed E-state index contributed by atoms with van der Waals surface area (Å²) in [6.07, 6.45) is 1.32. The molecule has 0 amide bonds. The van der Waals surface area contributed by atoms with Gasteiger partial charge in [0.25, 0.3) is 5.56 Å². The van der Waals surface area contributed by atoms with Gasteiger partial charge in [-0.25, -0.2) is 14.9 Å². The van der Waals surface area contributed by atoms with Crippen molar-refractivity contribution >= 4 is 11.8 Å². The maximum atomic E-state index is 11.3. The van der Waals surface area contributed by atoms with E-state index in [9.17, 15) is 9.59 Å². The molecule has 0 bridgehead atoms. The van der Waals surface area contributed by atoms with Crippen molar-refractivity contribution in [3.05, 3.63) is 34.5 Å². The van der Waals surface area contributed by atoms with Gasteiger partial charge in [0.2, 0.25) is 0 Å². The van der Waals surface area contributed by atoms with Crippen LogP contribution < -0.4 is 11.3 Å². The minimum atomic E-state index is -0.634. The fourth-order valence-electron chi connectivity index (χ4n) is 1.27. The molecular weight excluding hydrogens is 226 g/mol. The molecule has 0 unspecified atom stereocenters. The third-order valence-corrected chi connectivity index (χ3v) is 2.09. The number of nitrogens with two attached hydrogens (primary N) is 1. The lowest BCUT2D eigenvalue weighted by Gasteiger charge is -2.02. The minimum Gasteiger partial charge on any atom is -0.464 e. The highest BCUT2D eigenvalue weighted by atomic mass is 16.5. The van der Waals surface area contributed by atoms with E-state index in [4.69, 9.17) is 5.73 Å². The Morgan fingerprint density at radius 1 is 1.53 bits per heavy atom. The van der Waals surface area contributed by atoms with E-state index in [2.05, 4.69) is 19.9 Å². The summed E-state index contributed by atoms with van der Waals surface area (Å²) in [7, 11) is 1.24. The molecule has 0 atom stereocenters. The van der Waals surface area contributed by atoms with Gasteiger partial charge in [0.15, 0.2) is 11.5 Å². The van der Waals surface area contributed by atoms with Crippen LogP contribution in [0.3, 0.4) is 0 Å². The molecule has 2 aromatic rings. The standard InChI is InChI=1S/C9H9N5O3/c1-17-9(16)7-8(10)14(4-11-7)5-2-3-6(15)13-12-5/h2-4H,10H2,1H3,(H,13,15). The van der Waals surface area contributed by atoms with Gasteiger partial charge in [-0.1, -0.05) is 0 Å². The molecule has 2 rings (SSSR count). The molecule has 0 aromatic carbocycles. The highest BCUT2D eigenvalue weighted by Gasteiger charge is 2.17. The van der Waals surface area contributed by atoms with Gasteiger partial charge in [-0.2, -0.15) is 5.10 Å². The summed E-state index contributed by atoms with van der Waals surface area (Å²) in [6, 6.07) is 2.75. The number of hydrogen-bond donors (Lipinski definition) is 2. The average molecular weight is 235 g/mol. The predicted molar refractivity (Wildman–Crippen MR) is 57.7 cm³/mol. The van der Waals surface area contributed by atoms with Crippen LogP contribution in [0.2, 0.25) is 0 Å². The summed E-state index contributed by atoms with van der Waals surface area (Å²) < 4.78 is 5.88. The summed E-state index contributed by atoms with van der Waals surface area (Å²) in [6.45, 7) is 0. The average Bonchev–Trinajstić information content (AvgIpc) is 2.71. The van der Waals surface area contributed by atoms with Gasteiger partial charge in [-0.3, -0.25) is 9.36 Å². The van der Waals surface area contributed by atoms with E-state index in [1.165, 1.54) is 30.1 Å². The van der Waals surface area contributed by atoms with Crippen LogP contribution in [0, 0.1) is 0 Å². The maximum absolute atomic E-state index is 11.3. The quantitative estimate of drug-likeness (QED) is 0.666. The Labute approximate surface area is 95.0 Å². The number of H-pyrrole nitrogens is 1. The first kappa shape index (κ1) is 10.9. The lowest BCUT2D eigenvalue weighted by Crippen LogP contribution is -2.11. The Hall–Kier alpha value is -2.64. The van der Waals surface area contributed by atoms with E-state index < -0.39 is 5.97 Å². The predicted octanol–water partition coefficient (Wildman–Crippen LogP) is -0.676. The lowest BCUT2D eigenvalue weighted by molar-refractivity contribution is 0.0596. The number of carbonyl (C=O) groups excluding carboxylic acids is 1. The number of nitrogens with one attached hydrogen (secondary N) is 1. The number of aromatic nitrogens is 4. The molecular formula is C9H9N5O3. The van der Waals surface area contributed by atoms with Gasteiger partial charge in [-0.05, 0) is 6.07 Å². The molecule has 2 aromatic heterocycles. The summed E-state index contributed by atoms with van der Waals surface area (Å²) >= 11 is 0. The smallest absolute Gasteiger partial charge is 0.360 e. The molecule has 88 valence electrons. The highest BCUT2D eigenvalue weighted by molar-refractivity contribution is 5.92. The molecule has 0 saturated heterocycles. The van der Waals surface area contributed by atoms with Gasteiger partial charge >= 0.3 is 5.97 Å². The number of methoxy groups -OCH3 is 1. The zero-order valence-electron chi connectivity index (χ0n) is 8.88. The maximum Gasteiger partial charge on any atom is 0.360 e. The Balaban J connectivity index is 2.47. The van der Waals surface area contributed by atoms with E-state index in [1.54, 1.807) is 0 Å². The first-order valence-electron chi connectivity index (χ1n) is 4.60. The largest absolute Gasteiger partial charge is 0.464 e. The second kappa shape index (κ2) is 4.08. The van der Waals surface area contributed by atoms with Crippen molar-refractivity contribution in [2.45, 2.75) is 0 Å². The molecule has 0 aliphatic carbocycles. The third kappa shape index (κ3) is 1.87. The van der Waals surface area contributed by atoms with E-state index >= 15 is 0 Å². The number of carbonyl (C=O) groups is 1. The second-order valence-electron chi connectivity index (χ2n) is 3.12. The molecule has 0 saturated carbocycles. The van der Waals surface area contributed by atoms with Crippen LogP contribution in [0.5, 0.6) is 0 Å². The number of anilines is 1. The van der Waals surface area contributed by atoms with Gasteiger partial charge in [0.05, 0.1) is 7.11 Å². The second-order valence-corrected chi connectivity index (χ2v) is 3.12. The number of rotatable bonds is 2. The Bertz CT molecular complexity index is 595. The van der Waals surface area contributed by atoms with Crippen LogP contribution in [0.1, 0.15) is 10.5 Å². The molecule has 0 aliphatic rings. The van der Waals surface area contributed by atoms with E-state index in [0.29, 0.717) is 5.82 Å². The fourth-order valence-corrected chi connectivity index (χ4v) is 1.27. The number of nitrogen functional groups attached to an aromatic ring is 1. The third-order valence-electron chi connectivity index (χ3n) is 2.09. The molecule has 0 fully saturated rings. The van der Waals surface area contributed by atoms with Crippen molar-refractivity contribution in [2.75, 3.05) is 12.8 Å². The van der Waals surface area contributed by atoms with Gasteiger partial charge in [0.1, 0.15) is 12.1 Å². The number of hydrogen-bond acceptors (Lipinski definition) is 6. The molecule has 0 aliphatic heterocycles. The van der Waals surface area contributed by atoms with E-state index in [0.717, 1.165) is 0 Å². The van der Waals surface area contributed by atoms with Crippen LogP contribution in [0.4, 0.5) is 5.82 Å². The van der Waals surface area contributed by atoms with Gasteiger partial charge in [0, 0.05) is 6.07 Å². The van der Waals surface area contributed by atoms with Crippen molar-refractivity contribution in [3.63, 3.8) is 0 Å². The van der Waals surface area contributed by atoms with Crippen molar-refractivity contribution in [1.29, 1.82) is 0 Å². The SMILES string of the molecule is COC(=O)c1ncn(-c2ccc(=O)[nH]n2)c1N. The summed E-state index contributed by atoms with van der Waals surface area (Å²) in [5.41, 5.74) is 5.39. The molecule has 17 heavy (non-hydrogen) atoms. The van der Waals surface area contributed by atoms with Crippen LogP contribution >= 0.6 is 0 Å². The Morgan fingerprint density at radius 3 is 2.88 bits per heavy atom. The molecule has 3 N–H and O–H groups in total. The summed E-state index contributed by atoms with van der Waals surface area (Å²) in [5.74, 6) is -0.188. The molecule has 8 heteroatoms. The van der Waals surface area contributed by atoms with Gasteiger partial charge < -0.3 is 10.5 Å². The first-order valence-corrected chi connectivity index (χ1v) is 4.60. The number of aromatic amines is 1. The summed E-state index contributed by atoms with van der Waals surface area (Å²) in [5, 5.41) is 6.01. The lowest BCUT2D eigenvalue weighted by atomic mass is 10.4. The van der Waals surface area contributed by atoms with Crippen LogP contribution in [0.25, 0.3) is 5.82 Å². The van der Waals surface area contributed by atoms with Crippen LogP contribution in [-0.4, -0.2) is 32.8 Å². The number of imidazole rings is 1. The zero-order chi connectivity index (χ0) is 12.4.